The van der Waals surface area contributed by atoms with Crippen LogP contribution in [-0.4, -0.2) is 29.8 Å². The molecule has 0 atom stereocenters. The van der Waals surface area contributed by atoms with Crippen LogP contribution in [0.15, 0.2) is 24.3 Å². The molecular weight excluding hydrogens is 242 g/mol. The first-order valence-corrected chi connectivity index (χ1v) is 6.86. The third-order valence-electron chi connectivity index (χ3n) is 3.45. The summed E-state index contributed by atoms with van der Waals surface area (Å²) in [5, 5.41) is 12.7. The number of aliphatic hydroxyl groups is 1. The summed E-state index contributed by atoms with van der Waals surface area (Å²) in [6.07, 6.45) is 3.55. The van der Waals surface area contributed by atoms with Gasteiger partial charge in [-0.2, -0.15) is 0 Å². The van der Waals surface area contributed by atoms with E-state index in [1.807, 2.05) is 6.92 Å². The molecule has 0 saturated heterocycles. The van der Waals surface area contributed by atoms with Crippen LogP contribution in [0.2, 0.25) is 0 Å². The third-order valence-corrected chi connectivity index (χ3v) is 3.45. The SMILES string of the molecule is CCCOc1ccc(C(=O)NCC2(O)CCC2)cc1. The van der Waals surface area contributed by atoms with Crippen molar-refractivity contribution in [1.29, 1.82) is 0 Å². The van der Waals surface area contributed by atoms with Crippen molar-refractivity contribution in [3.05, 3.63) is 29.8 Å². The third kappa shape index (κ3) is 3.70. The molecule has 1 amide bonds. The van der Waals surface area contributed by atoms with Gasteiger partial charge in [-0.1, -0.05) is 6.92 Å². The van der Waals surface area contributed by atoms with Gasteiger partial charge in [0.1, 0.15) is 5.75 Å². The van der Waals surface area contributed by atoms with Gasteiger partial charge in [0.15, 0.2) is 0 Å². The predicted octanol–water partition coefficient (Wildman–Crippen LogP) is 2.12. The zero-order valence-corrected chi connectivity index (χ0v) is 11.3. The summed E-state index contributed by atoms with van der Waals surface area (Å²) in [5.74, 6) is 0.624. The molecule has 19 heavy (non-hydrogen) atoms. The summed E-state index contributed by atoms with van der Waals surface area (Å²) < 4.78 is 5.46. The average Bonchev–Trinajstić information content (AvgIpc) is 2.41. The van der Waals surface area contributed by atoms with E-state index in [4.69, 9.17) is 4.74 Å². The monoisotopic (exact) mass is 263 g/mol. The molecule has 1 aliphatic carbocycles. The van der Waals surface area contributed by atoms with Gasteiger partial charge in [0, 0.05) is 12.1 Å². The van der Waals surface area contributed by atoms with E-state index in [2.05, 4.69) is 5.32 Å². The maximum absolute atomic E-state index is 11.9. The van der Waals surface area contributed by atoms with Crippen molar-refractivity contribution in [3.8, 4) is 5.75 Å². The number of carbonyl (C=O) groups is 1. The van der Waals surface area contributed by atoms with Crippen molar-refractivity contribution in [2.75, 3.05) is 13.2 Å². The first-order valence-electron chi connectivity index (χ1n) is 6.86. The Hall–Kier alpha value is -1.55. The first kappa shape index (κ1) is 13.9. The number of benzene rings is 1. The van der Waals surface area contributed by atoms with Crippen LogP contribution in [0.1, 0.15) is 43.0 Å². The molecule has 0 spiro atoms. The molecule has 4 heteroatoms. The highest BCUT2D eigenvalue weighted by Crippen LogP contribution is 2.30. The molecule has 0 bridgehead atoms. The van der Waals surface area contributed by atoms with Crippen LogP contribution in [0.25, 0.3) is 0 Å². The molecule has 1 saturated carbocycles. The van der Waals surface area contributed by atoms with Crippen molar-refractivity contribution in [3.63, 3.8) is 0 Å². The van der Waals surface area contributed by atoms with E-state index in [1.165, 1.54) is 0 Å². The highest BCUT2D eigenvalue weighted by Gasteiger charge is 2.34. The summed E-state index contributed by atoms with van der Waals surface area (Å²) in [4.78, 5) is 11.9. The normalized spacial score (nSPS) is 16.5. The van der Waals surface area contributed by atoms with Crippen LogP contribution in [0.4, 0.5) is 0 Å². The summed E-state index contributed by atoms with van der Waals surface area (Å²) in [7, 11) is 0. The molecule has 1 aromatic rings. The van der Waals surface area contributed by atoms with Gasteiger partial charge in [-0.05, 0) is 49.9 Å². The smallest absolute Gasteiger partial charge is 0.251 e. The minimum Gasteiger partial charge on any atom is -0.494 e. The number of amides is 1. The Morgan fingerprint density at radius 3 is 2.58 bits per heavy atom. The fraction of sp³-hybridized carbons (Fsp3) is 0.533. The Morgan fingerprint density at radius 1 is 1.37 bits per heavy atom. The highest BCUT2D eigenvalue weighted by molar-refractivity contribution is 5.94. The number of rotatable bonds is 6. The number of carbonyl (C=O) groups excluding carboxylic acids is 1. The van der Waals surface area contributed by atoms with Crippen LogP contribution in [0, 0.1) is 0 Å². The van der Waals surface area contributed by atoms with E-state index in [1.54, 1.807) is 24.3 Å². The Kier molecular flexibility index (Phi) is 4.43. The number of ether oxygens (including phenoxy) is 1. The van der Waals surface area contributed by atoms with Crippen molar-refractivity contribution < 1.29 is 14.6 Å². The molecule has 0 unspecified atom stereocenters. The zero-order valence-electron chi connectivity index (χ0n) is 11.3. The van der Waals surface area contributed by atoms with E-state index < -0.39 is 5.60 Å². The van der Waals surface area contributed by atoms with Gasteiger partial charge >= 0.3 is 0 Å². The fourth-order valence-electron chi connectivity index (χ4n) is 2.03. The van der Waals surface area contributed by atoms with Gasteiger partial charge in [-0.25, -0.2) is 0 Å². The molecule has 2 rings (SSSR count). The van der Waals surface area contributed by atoms with E-state index in [0.717, 1.165) is 31.4 Å². The van der Waals surface area contributed by atoms with Crippen LogP contribution < -0.4 is 10.1 Å². The second-order valence-electron chi connectivity index (χ2n) is 5.13. The largest absolute Gasteiger partial charge is 0.494 e. The van der Waals surface area contributed by atoms with E-state index in [9.17, 15) is 9.90 Å². The molecular formula is C15H21NO3. The maximum atomic E-state index is 11.9. The minimum atomic E-state index is -0.681. The lowest BCUT2D eigenvalue weighted by Crippen LogP contribution is -2.47. The number of nitrogens with one attached hydrogen (secondary N) is 1. The van der Waals surface area contributed by atoms with Gasteiger partial charge in [0.25, 0.3) is 5.91 Å². The molecule has 1 aliphatic rings. The predicted molar refractivity (Wildman–Crippen MR) is 73.4 cm³/mol. The van der Waals surface area contributed by atoms with Gasteiger partial charge in [-0.3, -0.25) is 4.79 Å². The number of hydrogen-bond acceptors (Lipinski definition) is 3. The van der Waals surface area contributed by atoms with Gasteiger partial charge in [-0.15, -0.1) is 0 Å². The molecule has 4 nitrogen and oxygen atoms in total. The lowest BCUT2D eigenvalue weighted by atomic mass is 9.80. The Labute approximate surface area is 113 Å². The summed E-state index contributed by atoms with van der Waals surface area (Å²) in [6.45, 7) is 3.06. The molecule has 1 aromatic carbocycles. The van der Waals surface area contributed by atoms with Crippen molar-refractivity contribution in [2.24, 2.45) is 0 Å². The van der Waals surface area contributed by atoms with E-state index >= 15 is 0 Å². The van der Waals surface area contributed by atoms with E-state index in [-0.39, 0.29) is 5.91 Å². The Morgan fingerprint density at radius 2 is 2.05 bits per heavy atom. The minimum absolute atomic E-state index is 0.151. The topological polar surface area (TPSA) is 58.6 Å². The molecule has 0 aliphatic heterocycles. The lowest BCUT2D eigenvalue weighted by molar-refractivity contribution is -0.0300. The van der Waals surface area contributed by atoms with Gasteiger partial charge in [0.2, 0.25) is 0 Å². The van der Waals surface area contributed by atoms with Gasteiger partial charge in [0.05, 0.1) is 12.2 Å². The summed E-state index contributed by atoms with van der Waals surface area (Å²) in [5.41, 5.74) is -0.0911. The van der Waals surface area contributed by atoms with Gasteiger partial charge < -0.3 is 15.2 Å². The lowest BCUT2D eigenvalue weighted by Gasteiger charge is -2.36. The fourth-order valence-corrected chi connectivity index (χ4v) is 2.03. The van der Waals surface area contributed by atoms with Crippen LogP contribution in [0.3, 0.4) is 0 Å². The van der Waals surface area contributed by atoms with Crippen LogP contribution in [0.5, 0.6) is 5.75 Å². The van der Waals surface area contributed by atoms with Crippen molar-refractivity contribution >= 4 is 5.91 Å². The van der Waals surface area contributed by atoms with Crippen LogP contribution >= 0.6 is 0 Å². The molecule has 2 N–H and O–H groups in total. The molecule has 0 radical (unpaired) electrons. The first-order chi connectivity index (χ1) is 9.13. The van der Waals surface area contributed by atoms with Crippen molar-refractivity contribution in [2.45, 2.75) is 38.2 Å². The zero-order chi connectivity index (χ0) is 13.7. The van der Waals surface area contributed by atoms with Crippen LogP contribution in [-0.2, 0) is 0 Å². The van der Waals surface area contributed by atoms with E-state index in [0.29, 0.717) is 18.7 Å². The van der Waals surface area contributed by atoms with Crippen molar-refractivity contribution in [1.82, 2.24) is 5.32 Å². The number of hydrogen-bond donors (Lipinski definition) is 2. The second kappa shape index (κ2) is 6.06. The average molecular weight is 263 g/mol. The standard InChI is InChI=1S/C15H21NO3/c1-2-10-19-13-6-4-12(5-7-13)14(17)16-11-15(18)8-3-9-15/h4-7,18H,2-3,8-11H2,1H3,(H,16,17). The highest BCUT2D eigenvalue weighted by atomic mass is 16.5. The maximum Gasteiger partial charge on any atom is 0.251 e. The quantitative estimate of drug-likeness (QED) is 0.826. The molecule has 0 aromatic heterocycles. The molecule has 1 fully saturated rings. The molecule has 104 valence electrons. The molecule has 0 heterocycles. The second-order valence-corrected chi connectivity index (χ2v) is 5.13. The Balaban J connectivity index is 1.84. The summed E-state index contributed by atoms with van der Waals surface area (Å²) in [6, 6.07) is 7.07. The summed E-state index contributed by atoms with van der Waals surface area (Å²) >= 11 is 0. The Bertz CT molecular complexity index is 424.